The summed E-state index contributed by atoms with van der Waals surface area (Å²) < 4.78 is 25.9. The minimum atomic E-state index is -0.147. The van der Waals surface area contributed by atoms with Gasteiger partial charge >= 0.3 is 0 Å². The maximum Gasteiger partial charge on any atom is 0.211 e. The van der Waals surface area contributed by atoms with Crippen LogP contribution in [0.1, 0.15) is 118 Å². The van der Waals surface area contributed by atoms with E-state index in [4.69, 9.17) is 93.9 Å². The number of hydrogen-bond donors (Lipinski definition) is 6. The lowest BCUT2D eigenvalue weighted by molar-refractivity contribution is 0.186. The van der Waals surface area contributed by atoms with E-state index >= 15 is 0 Å². The van der Waals surface area contributed by atoms with Crippen LogP contribution in [0.3, 0.4) is 0 Å². The van der Waals surface area contributed by atoms with Gasteiger partial charge in [-0.05, 0) is 184 Å². The van der Waals surface area contributed by atoms with Gasteiger partial charge in [-0.1, -0.05) is 106 Å². The topological polar surface area (TPSA) is 304 Å². The minimum Gasteiger partial charge on any atom is -0.497 e. The van der Waals surface area contributed by atoms with Gasteiger partial charge < -0.3 is 53.8 Å². The molecule has 12 aromatic rings. The number of aryl methyl sites for hydroxylation is 5. The van der Waals surface area contributed by atoms with E-state index in [1.807, 2.05) is 81.0 Å². The van der Waals surface area contributed by atoms with E-state index in [9.17, 15) is 4.39 Å². The molecule has 3 saturated heterocycles. The van der Waals surface area contributed by atoms with Gasteiger partial charge in [0.05, 0.1) is 59.6 Å². The molecule has 0 bridgehead atoms. The first-order valence-electron chi connectivity index (χ1n) is 35.9. The molecule has 0 saturated carbocycles. The summed E-state index contributed by atoms with van der Waals surface area (Å²) in [6.45, 7) is 15.1. The Morgan fingerprint density at radius 3 is 1.31 bits per heavy atom. The third-order valence-corrected chi connectivity index (χ3v) is 28.3. The number of fused-ring (bicyclic) bond motifs is 6. The van der Waals surface area contributed by atoms with Crippen molar-refractivity contribution in [1.29, 1.82) is 0 Å². The van der Waals surface area contributed by atoms with Crippen LogP contribution in [0.25, 0.3) is 16.9 Å². The van der Waals surface area contributed by atoms with E-state index in [1.165, 1.54) is 57.5 Å². The molecular formula is C78H83Cl3FN21OS3. The maximum absolute atomic E-state index is 14.2. The summed E-state index contributed by atoms with van der Waals surface area (Å²) in [7, 11) is 1.70. The second-order valence-electron chi connectivity index (χ2n) is 29.2. The number of nitrogen functional groups attached to an aromatic ring is 3. The van der Waals surface area contributed by atoms with Crippen LogP contribution >= 0.6 is 70.1 Å². The summed E-state index contributed by atoms with van der Waals surface area (Å²) in [5.74, 6) is 4.37. The Bertz CT molecular complexity index is 5460. The van der Waals surface area contributed by atoms with Gasteiger partial charge in [0.15, 0.2) is 16.9 Å². The van der Waals surface area contributed by atoms with E-state index in [0.29, 0.717) is 38.1 Å². The Balaban J connectivity index is 0.000000123. The molecule has 3 aromatic carbocycles. The van der Waals surface area contributed by atoms with Gasteiger partial charge in [0.2, 0.25) is 17.8 Å². The van der Waals surface area contributed by atoms with Crippen molar-refractivity contribution in [2.24, 2.45) is 33.4 Å². The number of halogens is 4. The Kier molecular flexibility index (Phi) is 19.4. The highest BCUT2D eigenvalue weighted by atomic mass is 35.5. The molecule has 3 aliphatic heterocycles. The second kappa shape index (κ2) is 28.7. The van der Waals surface area contributed by atoms with Crippen molar-refractivity contribution in [2.45, 2.75) is 140 Å². The maximum atomic E-state index is 14.2. The van der Waals surface area contributed by atoms with Crippen molar-refractivity contribution in [3.63, 3.8) is 0 Å². The summed E-state index contributed by atoms with van der Waals surface area (Å²) in [6.07, 6.45) is 23.4. The van der Waals surface area contributed by atoms with Crippen LogP contribution in [0, 0.1) is 56.7 Å². The Morgan fingerprint density at radius 1 is 0.458 bits per heavy atom. The quantitative estimate of drug-likeness (QED) is 0.0741. The first-order valence-corrected chi connectivity index (χ1v) is 39.4. The lowest BCUT2D eigenvalue weighted by Gasteiger charge is -2.42. The average Bonchev–Trinajstić information content (AvgIpc) is 1.56. The van der Waals surface area contributed by atoms with Gasteiger partial charge in [-0.3, -0.25) is 13.2 Å². The molecule has 29 heteroatoms. The summed E-state index contributed by atoms with van der Waals surface area (Å²) in [6, 6.07) is 24.2. The number of imidazole rings is 3. The fraction of sp³-hybridized carbons (Fsp3) is 0.346. The van der Waals surface area contributed by atoms with Crippen LogP contribution in [0.2, 0.25) is 15.1 Å². The number of piperidine rings is 3. The molecule has 12 heterocycles. The number of aromatic nitrogens is 12. The van der Waals surface area contributed by atoms with Gasteiger partial charge in [0.1, 0.15) is 29.0 Å². The van der Waals surface area contributed by atoms with E-state index < -0.39 is 0 Å². The first-order chi connectivity index (χ1) is 51.5. The fourth-order valence-electron chi connectivity index (χ4n) is 17.0. The molecular weight excluding hydrogens is 1470 g/mol. The predicted molar refractivity (Wildman–Crippen MR) is 425 cm³/mol. The standard InChI is InChI=1S/C26H27ClFN7S.C26H28ClN7OS.C26H28ClN7S/c1-14-11-17-16(12-18(14)28)13-26(22(17)29)4-8-34(9-5-26)25-33-15(2)21(24-32-7-10-35(24)25)36-19-3-6-31-23(30)20(19)27;1-15-21(36-19-5-8-30-23(29)20(19)27)24-31-9-12-34(24)25(32-15)33-10-6-26(7-11-33)14-16-3-4-17(35-2)13-18(16)22(26)28;1-15-14-34-24(31-15)21(35-19-7-10-30-23(29)20(19)27)16(2)32-25(34)33-11-8-26(9-12-33)13-17-5-3-4-6-18(17)22(26)28/h3,6-7,10-12,22H,4-5,8-9,13,29H2,1-2H3,(H2,30,31);3-5,8-9,12-13,22H,6-7,10-11,14,28H2,1-2H3,(H2,29,30);3-7,10,14,22H,8-9,11-13,28H2,1-2H3,(H2,29,30)/t3*22-/m111/s1. The van der Waals surface area contributed by atoms with Gasteiger partial charge in [-0.15, -0.1) is 0 Å². The van der Waals surface area contributed by atoms with Gasteiger partial charge in [0.25, 0.3) is 0 Å². The number of ether oxygens (including phenoxy) is 1. The highest BCUT2D eigenvalue weighted by Gasteiger charge is 2.49. The highest BCUT2D eigenvalue weighted by molar-refractivity contribution is 8.00. The Morgan fingerprint density at radius 2 is 0.860 bits per heavy atom. The Labute approximate surface area is 647 Å². The predicted octanol–water partition coefficient (Wildman–Crippen LogP) is 14.8. The molecule has 6 aliphatic rings. The van der Waals surface area contributed by atoms with E-state index in [0.717, 1.165) is 201 Å². The molecule has 12 N–H and O–H groups in total. The molecule has 0 unspecified atom stereocenters. The SMILES string of the molecule is COc1ccc2c(c1)[C@@H](N)C1(CCN(c3nc(C)c(Sc4ccnc(N)c4Cl)c4nccn34)CC1)C2.Cc1cc2c(cc1F)CC1(CCN(c3nc(C)c(Sc4ccnc(N)c4Cl)c4nccn34)CC1)[C@@H]2N.Cc1cn2c(N3CCC4(CC3)Cc3ccccc3[C@H]4N)nc(C)c(Sc3ccnc(N)c3Cl)c2n1. The van der Waals surface area contributed by atoms with E-state index in [2.05, 4.69) is 91.0 Å². The normalized spacial score (nSPS) is 18.8. The molecule has 22 nitrogen and oxygen atoms in total. The third kappa shape index (κ3) is 13.0. The summed E-state index contributed by atoms with van der Waals surface area (Å²) in [5, 5.41) is 1.34. The number of nitrogens with zero attached hydrogens (tertiary/aromatic N) is 15. The van der Waals surface area contributed by atoms with Gasteiger partial charge in [0, 0.05) is 122 Å². The van der Waals surface area contributed by atoms with Crippen molar-refractivity contribution in [3.8, 4) is 5.75 Å². The zero-order valence-electron chi connectivity index (χ0n) is 60.2. The zero-order valence-corrected chi connectivity index (χ0v) is 64.9. The molecule has 3 fully saturated rings. The second-order valence-corrected chi connectivity index (χ2v) is 33.5. The number of anilines is 6. The molecule has 3 spiro atoms. The minimum absolute atomic E-state index is 0.0176. The van der Waals surface area contributed by atoms with Crippen molar-refractivity contribution in [1.82, 2.24) is 58.1 Å². The molecule has 9 aromatic heterocycles. The van der Waals surface area contributed by atoms with Crippen LogP contribution in [0.5, 0.6) is 5.75 Å². The van der Waals surface area contributed by atoms with Crippen molar-refractivity contribution >= 4 is 122 Å². The lowest BCUT2D eigenvalue weighted by Crippen LogP contribution is -2.45. The molecule has 552 valence electrons. The van der Waals surface area contributed by atoms with Crippen molar-refractivity contribution < 1.29 is 9.13 Å². The number of methoxy groups -OCH3 is 1. The fourth-order valence-corrected chi connectivity index (χ4v) is 20.6. The summed E-state index contributed by atoms with van der Waals surface area (Å²) >= 11 is 23.8. The van der Waals surface area contributed by atoms with E-state index in [-0.39, 0.29) is 40.2 Å². The number of pyridine rings is 3. The van der Waals surface area contributed by atoms with E-state index in [1.54, 1.807) is 44.9 Å². The van der Waals surface area contributed by atoms with Crippen LogP contribution in [-0.4, -0.2) is 104 Å². The number of nitrogens with two attached hydrogens (primary N) is 6. The molecule has 18 rings (SSSR count). The van der Waals surface area contributed by atoms with Crippen LogP contribution in [0.4, 0.5) is 39.7 Å². The number of hydrogen-bond acceptors (Lipinski definition) is 22. The molecule has 107 heavy (non-hydrogen) atoms. The lowest BCUT2D eigenvalue weighted by atomic mass is 9.73. The van der Waals surface area contributed by atoms with Crippen LogP contribution in [0.15, 0.2) is 152 Å². The van der Waals surface area contributed by atoms with Crippen molar-refractivity contribution in [2.75, 3.05) is 78.3 Å². The third-order valence-electron chi connectivity index (χ3n) is 23.0. The first kappa shape index (κ1) is 72.5. The van der Waals surface area contributed by atoms with Gasteiger partial charge in [-0.2, -0.15) is 0 Å². The number of benzene rings is 3. The number of rotatable bonds is 10. The van der Waals surface area contributed by atoms with Crippen LogP contribution in [-0.2, 0) is 19.3 Å². The summed E-state index contributed by atoms with van der Waals surface area (Å²) in [5.41, 5.74) is 52.6. The molecule has 0 radical (unpaired) electrons. The van der Waals surface area contributed by atoms with Crippen molar-refractivity contribution in [3.05, 3.63) is 205 Å². The van der Waals surface area contributed by atoms with Crippen LogP contribution < -0.4 is 53.8 Å². The summed E-state index contributed by atoms with van der Waals surface area (Å²) in [4.78, 5) is 53.8. The monoisotopic (exact) mass is 1550 g/mol. The Hall–Kier alpha value is -8.70. The zero-order chi connectivity index (χ0) is 74.5. The average molecular weight is 1550 g/mol. The molecule has 0 amide bonds. The smallest absolute Gasteiger partial charge is 0.211 e. The highest BCUT2D eigenvalue weighted by Crippen LogP contribution is 2.55. The molecule has 3 atom stereocenters. The largest absolute Gasteiger partial charge is 0.497 e. The molecule has 3 aliphatic carbocycles. The van der Waals surface area contributed by atoms with Gasteiger partial charge in [-0.25, -0.2) is 49.2 Å².